The highest BCUT2D eigenvalue weighted by Crippen LogP contribution is 2.25. The van der Waals surface area contributed by atoms with Gasteiger partial charge in [-0.1, -0.05) is 13.8 Å². The van der Waals surface area contributed by atoms with Crippen LogP contribution in [0.4, 0.5) is 0 Å². The van der Waals surface area contributed by atoms with Crippen LogP contribution >= 0.6 is 0 Å². The van der Waals surface area contributed by atoms with E-state index in [9.17, 15) is 9.59 Å². The highest BCUT2D eigenvalue weighted by Gasteiger charge is 2.28. The summed E-state index contributed by atoms with van der Waals surface area (Å²) in [7, 11) is 0. The van der Waals surface area contributed by atoms with Gasteiger partial charge in [0.2, 0.25) is 0 Å². The smallest absolute Gasteiger partial charge is 0.261 e. The average molecular weight is 341 g/mol. The van der Waals surface area contributed by atoms with Gasteiger partial charge in [0.15, 0.2) is 5.89 Å². The number of hydrogen-bond acceptors (Lipinski definition) is 4. The molecule has 4 rings (SSSR count). The van der Waals surface area contributed by atoms with E-state index in [0.717, 1.165) is 48.4 Å². The Labute approximate surface area is 146 Å². The van der Waals surface area contributed by atoms with Gasteiger partial charge in [-0.3, -0.25) is 9.59 Å². The number of amides is 1. The number of pyridine rings is 1. The summed E-state index contributed by atoms with van der Waals surface area (Å²) >= 11 is 0. The lowest BCUT2D eigenvalue weighted by Gasteiger charge is -2.25. The minimum atomic E-state index is -0.278. The van der Waals surface area contributed by atoms with E-state index in [1.165, 1.54) is 0 Å². The molecule has 0 saturated heterocycles. The topological polar surface area (TPSA) is 79.2 Å². The van der Waals surface area contributed by atoms with Crippen molar-refractivity contribution in [3.05, 3.63) is 50.6 Å². The first kappa shape index (κ1) is 16.1. The standard InChI is InChI=1S/C19H23N3O3/c1-11(2)18-21-15-10-22(8-7-16(15)25-18)19(24)13-9-12-5-3-4-6-14(12)20-17(13)23/h9,11H,3-8,10H2,1-2H3,(H,20,23). The number of oxazole rings is 1. The summed E-state index contributed by atoms with van der Waals surface area (Å²) in [6, 6.07) is 1.80. The van der Waals surface area contributed by atoms with Crippen LogP contribution in [0.25, 0.3) is 0 Å². The molecule has 132 valence electrons. The maximum Gasteiger partial charge on any atom is 0.261 e. The van der Waals surface area contributed by atoms with Gasteiger partial charge >= 0.3 is 0 Å². The number of H-pyrrole nitrogens is 1. The number of aromatic nitrogens is 2. The second kappa shape index (κ2) is 6.17. The lowest BCUT2D eigenvalue weighted by molar-refractivity contribution is 0.0726. The third-order valence-corrected chi connectivity index (χ3v) is 5.09. The number of carbonyl (C=O) groups is 1. The Balaban J connectivity index is 1.60. The molecule has 0 fully saturated rings. The maximum atomic E-state index is 12.9. The van der Waals surface area contributed by atoms with Gasteiger partial charge in [0, 0.05) is 24.6 Å². The van der Waals surface area contributed by atoms with Gasteiger partial charge in [-0.2, -0.15) is 0 Å². The maximum absolute atomic E-state index is 12.9. The third kappa shape index (κ3) is 2.90. The third-order valence-electron chi connectivity index (χ3n) is 5.09. The van der Waals surface area contributed by atoms with Gasteiger partial charge in [-0.05, 0) is 37.3 Å². The van der Waals surface area contributed by atoms with Gasteiger partial charge in [0.1, 0.15) is 17.0 Å². The van der Waals surface area contributed by atoms with Crippen LogP contribution in [-0.4, -0.2) is 27.3 Å². The summed E-state index contributed by atoms with van der Waals surface area (Å²) in [5.41, 5.74) is 2.89. The molecule has 2 aromatic heterocycles. The Morgan fingerprint density at radius 2 is 2.08 bits per heavy atom. The number of aryl methyl sites for hydroxylation is 2. The molecule has 6 nitrogen and oxygen atoms in total. The van der Waals surface area contributed by atoms with Crippen LogP contribution < -0.4 is 5.56 Å². The van der Waals surface area contributed by atoms with Crippen LogP contribution in [0.2, 0.25) is 0 Å². The Morgan fingerprint density at radius 3 is 2.88 bits per heavy atom. The Kier molecular flexibility index (Phi) is 3.98. The summed E-state index contributed by atoms with van der Waals surface area (Å²) in [4.78, 5) is 34.4. The molecule has 2 aromatic rings. The molecule has 0 saturated carbocycles. The zero-order valence-electron chi connectivity index (χ0n) is 14.7. The van der Waals surface area contributed by atoms with Crippen molar-refractivity contribution in [1.82, 2.24) is 14.9 Å². The second-order valence-corrected chi connectivity index (χ2v) is 7.28. The minimum absolute atomic E-state index is 0.214. The van der Waals surface area contributed by atoms with Crippen LogP contribution in [0.1, 0.15) is 71.6 Å². The number of nitrogens with zero attached hydrogens (tertiary/aromatic N) is 2. The lowest BCUT2D eigenvalue weighted by Crippen LogP contribution is -2.38. The fourth-order valence-corrected chi connectivity index (χ4v) is 3.64. The zero-order chi connectivity index (χ0) is 17.6. The first-order chi connectivity index (χ1) is 12.0. The molecule has 1 aliphatic carbocycles. The largest absolute Gasteiger partial charge is 0.445 e. The molecular weight excluding hydrogens is 318 g/mol. The number of hydrogen-bond donors (Lipinski definition) is 1. The van der Waals surface area contributed by atoms with Crippen molar-refractivity contribution < 1.29 is 9.21 Å². The van der Waals surface area contributed by atoms with Crippen molar-refractivity contribution >= 4 is 5.91 Å². The fraction of sp³-hybridized carbons (Fsp3) is 0.526. The van der Waals surface area contributed by atoms with Gasteiger partial charge in [0.25, 0.3) is 11.5 Å². The lowest BCUT2D eigenvalue weighted by atomic mass is 9.94. The van der Waals surface area contributed by atoms with E-state index in [4.69, 9.17) is 4.42 Å². The molecule has 6 heteroatoms. The van der Waals surface area contributed by atoms with Crippen LogP contribution in [0.5, 0.6) is 0 Å². The molecule has 25 heavy (non-hydrogen) atoms. The second-order valence-electron chi connectivity index (χ2n) is 7.28. The Morgan fingerprint density at radius 1 is 1.28 bits per heavy atom. The molecule has 3 heterocycles. The summed E-state index contributed by atoms with van der Waals surface area (Å²) in [5, 5.41) is 0. The molecule has 0 atom stereocenters. The van der Waals surface area contributed by atoms with Crippen molar-refractivity contribution in [1.29, 1.82) is 0 Å². The minimum Gasteiger partial charge on any atom is -0.445 e. The van der Waals surface area contributed by atoms with Crippen LogP contribution in [0.15, 0.2) is 15.3 Å². The van der Waals surface area contributed by atoms with Crippen LogP contribution in [0.3, 0.4) is 0 Å². The van der Waals surface area contributed by atoms with Crippen LogP contribution in [0, 0.1) is 0 Å². The van der Waals surface area contributed by atoms with E-state index in [-0.39, 0.29) is 22.9 Å². The number of carbonyl (C=O) groups excluding carboxylic acids is 1. The summed E-state index contributed by atoms with van der Waals surface area (Å²) in [6.45, 7) is 5.02. The number of rotatable bonds is 2. The van der Waals surface area contributed by atoms with Crippen LogP contribution in [-0.2, 0) is 25.8 Å². The van der Waals surface area contributed by atoms with Crippen molar-refractivity contribution in [2.45, 2.75) is 58.4 Å². The van der Waals surface area contributed by atoms with Gasteiger partial charge in [-0.15, -0.1) is 0 Å². The number of nitrogens with one attached hydrogen (secondary N) is 1. The SMILES string of the molecule is CC(C)c1nc2c(o1)CCN(C(=O)c1cc3c([nH]c1=O)CCCC3)C2. The monoisotopic (exact) mass is 341 g/mol. The average Bonchev–Trinajstić information content (AvgIpc) is 3.04. The van der Waals surface area contributed by atoms with E-state index in [2.05, 4.69) is 9.97 Å². The Bertz CT molecular complexity index is 879. The molecule has 1 N–H and O–H groups in total. The molecule has 1 amide bonds. The molecular formula is C19H23N3O3. The van der Waals surface area contributed by atoms with E-state index < -0.39 is 0 Å². The van der Waals surface area contributed by atoms with Gasteiger partial charge in [0.05, 0.1) is 6.54 Å². The summed E-state index contributed by atoms with van der Waals surface area (Å²) in [5.74, 6) is 1.59. The Hall–Kier alpha value is -2.37. The molecule has 0 spiro atoms. The first-order valence-corrected chi connectivity index (χ1v) is 9.05. The first-order valence-electron chi connectivity index (χ1n) is 9.05. The molecule has 1 aliphatic heterocycles. The highest BCUT2D eigenvalue weighted by atomic mass is 16.4. The number of fused-ring (bicyclic) bond motifs is 2. The predicted octanol–water partition coefficient (Wildman–Crippen LogP) is 2.56. The van der Waals surface area contributed by atoms with Crippen molar-refractivity contribution in [2.24, 2.45) is 0 Å². The van der Waals surface area contributed by atoms with Crippen molar-refractivity contribution in [2.75, 3.05) is 6.54 Å². The van der Waals surface area contributed by atoms with Crippen molar-refractivity contribution in [3.63, 3.8) is 0 Å². The quantitative estimate of drug-likeness (QED) is 0.910. The molecule has 2 aliphatic rings. The summed E-state index contributed by atoms with van der Waals surface area (Å²) in [6.07, 6.45) is 4.66. The van der Waals surface area contributed by atoms with Gasteiger partial charge in [-0.25, -0.2) is 4.98 Å². The van der Waals surface area contributed by atoms with Crippen molar-refractivity contribution in [3.8, 4) is 0 Å². The zero-order valence-corrected chi connectivity index (χ0v) is 14.7. The van der Waals surface area contributed by atoms with E-state index in [0.29, 0.717) is 25.4 Å². The molecule has 0 aromatic carbocycles. The molecule has 0 radical (unpaired) electrons. The number of aromatic amines is 1. The normalized spacial score (nSPS) is 16.7. The summed E-state index contributed by atoms with van der Waals surface area (Å²) < 4.78 is 5.78. The van der Waals surface area contributed by atoms with Gasteiger partial charge < -0.3 is 14.3 Å². The van der Waals surface area contributed by atoms with E-state index in [1.807, 2.05) is 13.8 Å². The predicted molar refractivity (Wildman–Crippen MR) is 92.7 cm³/mol. The van der Waals surface area contributed by atoms with E-state index >= 15 is 0 Å². The highest BCUT2D eigenvalue weighted by molar-refractivity contribution is 5.94. The molecule has 0 unspecified atom stereocenters. The molecule has 0 bridgehead atoms. The fourth-order valence-electron chi connectivity index (χ4n) is 3.64. The van der Waals surface area contributed by atoms with E-state index in [1.54, 1.807) is 11.0 Å².